The predicted molar refractivity (Wildman–Crippen MR) is 117 cm³/mol. The molecule has 3 rings (SSSR count). The average molecular weight is 451 g/mol. The number of fused-ring (bicyclic) bond motifs is 1. The summed E-state index contributed by atoms with van der Waals surface area (Å²) in [6, 6.07) is 7.78. The molecule has 0 radical (unpaired) electrons. The maximum Gasteiger partial charge on any atom is 0.326 e. The lowest BCUT2D eigenvalue weighted by Gasteiger charge is -2.39. The van der Waals surface area contributed by atoms with Crippen molar-refractivity contribution in [2.24, 2.45) is 0 Å². The van der Waals surface area contributed by atoms with E-state index < -0.39 is 23.3 Å². The van der Waals surface area contributed by atoms with E-state index in [1.165, 1.54) is 11.8 Å². The predicted octanol–water partition coefficient (Wildman–Crippen LogP) is 2.29. The zero-order valence-electron chi connectivity index (χ0n) is 16.8. The number of nitrogens with zero attached hydrogens (tertiary/aromatic N) is 1. The molecule has 1 aromatic carbocycles. The summed E-state index contributed by atoms with van der Waals surface area (Å²) < 4.78 is 0. The summed E-state index contributed by atoms with van der Waals surface area (Å²) in [6.45, 7) is 1.42. The number of amides is 2. The summed E-state index contributed by atoms with van der Waals surface area (Å²) in [5.74, 6) is -1.05. The third-order valence-electron chi connectivity index (χ3n) is 5.31. The van der Waals surface area contributed by atoms with Crippen molar-refractivity contribution >= 4 is 46.4 Å². The molecule has 2 aliphatic rings. The highest BCUT2D eigenvalue weighted by Gasteiger charge is 2.43. The highest BCUT2D eigenvalue weighted by Crippen LogP contribution is 2.34. The number of thioether (sulfide) groups is 2. The first kappa shape index (κ1) is 22.7. The second kappa shape index (κ2) is 10.3. The van der Waals surface area contributed by atoms with Gasteiger partial charge in [-0.15, -0.1) is 11.8 Å². The molecule has 2 amide bonds. The van der Waals surface area contributed by atoms with Gasteiger partial charge in [0.05, 0.1) is 10.6 Å². The van der Waals surface area contributed by atoms with Gasteiger partial charge >= 0.3 is 5.97 Å². The normalized spacial score (nSPS) is 25.0. The number of carbonyl (C=O) groups is 4. The molecule has 1 aromatic rings. The van der Waals surface area contributed by atoms with Crippen LogP contribution in [0.2, 0.25) is 0 Å². The molecule has 2 heterocycles. The van der Waals surface area contributed by atoms with Crippen LogP contribution < -0.4 is 5.32 Å². The van der Waals surface area contributed by atoms with Crippen molar-refractivity contribution in [2.75, 3.05) is 5.75 Å². The molecule has 2 N–H and O–H groups in total. The Morgan fingerprint density at radius 2 is 1.97 bits per heavy atom. The molecule has 0 aliphatic carbocycles. The molecule has 0 aromatic heterocycles. The van der Waals surface area contributed by atoms with E-state index in [-0.39, 0.29) is 22.3 Å². The minimum absolute atomic E-state index is 0.166. The van der Waals surface area contributed by atoms with Gasteiger partial charge in [-0.05, 0) is 43.4 Å². The van der Waals surface area contributed by atoms with Gasteiger partial charge in [-0.1, -0.05) is 42.1 Å². The molecule has 1 unspecified atom stereocenters. The Bertz CT molecular complexity index is 804. The zero-order valence-corrected chi connectivity index (χ0v) is 18.4. The van der Waals surface area contributed by atoms with E-state index in [1.54, 1.807) is 11.8 Å². The van der Waals surface area contributed by atoms with Gasteiger partial charge in [0.2, 0.25) is 11.8 Å². The van der Waals surface area contributed by atoms with E-state index in [4.69, 9.17) is 0 Å². The Hall–Kier alpha value is -2.00. The van der Waals surface area contributed by atoms with Crippen molar-refractivity contribution in [1.82, 2.24) is 10.2 Å². The number of carboxylic acids is 1. The minimum Gasteiger partial charge on any atom is -0.480 e. The highest BCUT2D eigenvalue weighted by atomic mass is 32.2. The molecule has 2 saturated heterocycles. The zero-order chi connectivity index (χ0) is 21.7. The van der Waals surface area contributed by atoms with Gasteiger partial charge in [-0.3, -0.25) is 14.4 Å². The van der Waals surface area contributed by atoms with Crippen molar-refractivity contribution in [3.8, 4) is 0 Å². The first-order valence-electron chi connectivity index (χ1n) is 10.0. The first-order chi connectivity index (χ1) is 14.4. The van der Waals surface area contributed by atoms with Crippen LogP contribution in [0.25, 0.3) is 0 Å². The second-order valence-corrected chi connectivity index (χ2v) is 10.2. The van der Waals surface area contributed by atoms with Crippen LogP contribution in [0.15, 0.2) is 30.3 Å². The maximum absolute atomic E-state index is 13.2. The van der Waals surface area contributed by atoms with E-state index in [1.807, 2.05) is 30.3 Å². The SMILES string of the molecule is CC(=O)SC(Cc1ccccc1)C(=O)N[C@H]1CCS[C@H]2CCC[C@@H](C(=O)O)N2C1=O. The number of nitrogens with one attached hydrogen (secondary N) is 1. The average Bonchev–Trinajstić information content (AvgIpc) is 2.87. The molecule has 0 saturated carbocycles. The van der Waals surface area contributed by atoms with E-state index in [0.29, 0.717) is 25.0 Å². The van der Waals surface area contributed by atoms with Gasteiger partial charge in [-0.25, -0.2) is 4.79 Å². The van der Waals surface area contributed by atoms with E-state index in [0.717, 1.165) is 30.2 Å². The molecule has 4 atom stereocenters. The topological polar surface area (TPSA) is 104 Å². The lowest BCUT2D eigenvalue weighted by molar-refractivity contribution is -0.154. The number of carboxylic acid groups (broad SMARTS) is 1. The summed E-state index contributed by atoms with van der Waals surface area (Å²) in [4.78, 5) is 51.1. The van der Waals surface area contributed by atoms with Crippen LogP contribution in [0.1, 0.15) is 38.2 Å². The summed E-state index contributed by atoms with van der Waals surface area (Å²) in [5.41, 5.74) is 0.927. The van der Waals surface area contributed by atoms with E-state index in [9.17, 15) is 24.3 Å². The van der Waals surface area contributed by atoms with Gasteiger partial charge in [0.25, 0.3) is 0 Å². The molecule has 9 heteroatoms. The minimum atomic E-state index is -1.00. The number of piperidine rings is 1. The summed E-state index contributed by atoms with van der Waals surface area (Å²) in [5, 5.41) is 11.4. The monoisotopic (exact) mass is 450 g/mol. The van der Waals surface area contributed by atoms with Crippen LogP contribution in [-0.4, -0.2) is 61.4 Å². The van der Waals surface area contributed by atoms with E-state index >= 15 is 0 Å². The third-order valence-corrected chi connectivity index (χ3v) is 7.63. The van der Waals surface area contributed by atoms with Crippen molar-refractivity contribution in [3.05, 3.63) is 35.9 Å². The second-order valence-electron chi connectivity index (χ2n) is 7.49. The van der Waals surface area contributed by atoms with Gasteiger partial charge in [-0.2, -0.15) is 0 Å². The lowest BCUT2D eigenvalue weighted by atomic mass is 10.00. The van der Waals surface area contributed by atoms with Gasteiger partial charge in [0.15, 0.2) is 5.12 Å². The molecule has 30 heavy (non-hydrogen) atoms. The van der Waals surface area contributed by atoms with Crippen LogP contribution in [0, 0.1) is 0 Å². The standard InChI is InChI=1S/C21H26N2O5S2/c1-13(24)30-17(12-14-6-3-2-4-7-14)19(25)22-15-10-11-29-18-9-5-8-16(21(27)28)23(18)20(15)26/h2-4,6-7,15-18H,5,8-12H2,1H3,(H,22,25)(H,27,28)/t15-,16-,17?,18-/m0/s1. The molecule has 0 bridgehead atoms. The van der Waals surface area contributed by atoms with Crippen molar-refractivity contribution in [3.63, 3.8) is 0 Å². The quantitative estimate of drug-likeness (QED) is 0.685. The summed E-state index contributed by atoms with van der Waals surface area (Å²) in [6.07, 6.45) is 2.77. The number of aliphatic carboxylic acids is 1. The van der Waals surface area contributed by atoms with Gasteiger partial charge in [0.1, 0.15) is 12.1 Å². The number of hydrogen-bond acceptors (Lipinski definition) is 6. The van der Waals surface area contributed by atoms with Crippen LogP contribution in [0.5, 0.6) is 0 Å². The molecule has 2 aliphatic heterocycles. The fraction of sp³-hybridized carbons (Fsp3) is 0.524. The van der Waals surface area contributed by atoms with Crippen molar-refractivity contribution in [2.45, 2.75) is 61.7 Å². The Morgan fingerprint density at radius 1 is 1.23 bits per heavy atom. The Labute approximate surface area is 184 Å². The number of carbonyl (C=O) groups excluding carboxylic acids is 3. The number of hydrogen-bond donors (Lipinski definition) is 2. The molecule has 7 nitrogen and oxygen atoms in total. The Kier molecular flexibility index (Phi) is 7.82. The number of benzene rings is 1. The number of rotatable bonds is 6. The molecule has 0 spiro atoms. The van der Waals surface area contributed by atoms with E-state index in [2.05, 4.69) is 5.32 Å². The molecular formula is C21H26N2O5S2. The maximum atomic E-state index is 13.2. The fourth-order valence-corrected chi connectivity index (χ4v) is 6.15. The van der Waals surface area contributed by atoms with Crippen LogP contribution in [-0.2, 0) is 25.6 Å². The fourth-order valence-electron chi connectivity index (χ4n) is 3.91. The van der Waals surface area contributed by atoms with Gasteiger partial charge in [0, 0.05) is 6.92 Å². The van der Waals surface area contributed by atoms with Crippen molar-refractivity contribution in [1.29, 1.82) is 0 Å². The lowest BCUT2D eigenvalue weighted by Crippen LogP contribution is -2.57. The third kappa shape index (κ3) is 5.57. The highest BCUT2D eigenvalue weighted by molar-refractivity contribution is 8.14. The van der Waals surface area contributed by atoms with Crippen LogP contribution >= 0.6 is 23.5 Å². The molecule has 2 fully saturated rings. The molecule has 162 valence electrons. The largest absolute Gasteiger partial charge is 0.480 e. The van der Waals surface area contributed by atoms with Crippen LogP contribution in [0.4, 0.5) is 0 Å². The Balaban J connectivity index is 1.74. The summed E-state index contributed by atoms with van der Waals surface area (Å²) >= 11 is 2.53. The Morgan fingerprint density at radius 3 is 2.63 bits per heavy atom. The van der Waals surface area contributed by atoms with Crippen molar-refractivity contribution < 1.29 is 24.3 Å². The first-order valence-corrected chi connectivity index (χ1v) is 12.0. The van der Waals surface area contributed by atoms with Gasteiger partial charge < -0.3 is 15.3 Å². The summed E-state index contributed by atoms with van der Waals surface area (Å²) in [7, 11) is 0. The molecular weight excluding hydrogens is 424 g/mol. The van der Waals surface area contributed by atoms with Crippen LogP contribution in [0.3, 0.4) is 0 Å². The smallest absolute Gasteiger partial charge is 0.326 e.